The molecule has 1 radical (unpaired) electrons. The predicted octanol–water partition coefficient (Wildman–Crippen LogP) is 3.89. The third-order valence-electron chi connectivity index (χ3n) is 2.73. The summed E-state index contributed by atoms with van der Waals surface area (Å²) in [6.45, 7) is 4.26. The van der Waals surface area contributed by atoms with Gasteiger partial charge in [0, 0.05) is 0 Å². The molecule has 81 valence electrons. The van der Waals surface area contributed by atoms with Crippen LogP contribution in [0, 0.1) is 19.9 Å². The maximum absolute atomic E-state index is 3.42. The Balaban J connectivity index is 2.05. The van der Waals surface area contributed by atoms with Crippen LogP contribution in [0.25, 0.3) is 0 Å². The van der Waals surface area contributed by atoms with Crippen molar-refractivity contribution in [2.45, 2.75) is 26.7 Å². The molecule has 0 aliphatic heterocycles. The summed E-state index contributed by atoms with van der Waals surface area (Å²) < 4.78 is 0. The molecular formula is C16H17. The molecule has 0 heteroatoms. The van der Waals surface area contributed by atoms with E-state index in [-0.39, 0.29) is 0 Å². The molecule has 0 N–H and O–H groups in total. The van der Waals surface area contributed by atoms with Gasteiger partial charge in [-0.15, -0.1) is 0 Å². The maximum Gasteiger partial charge on any atom is -0.0117 e. The minimum Gasteiger partial charge on any atom is -0.0622 e. The molecule has 0 aromatic heterocycles. The number of hydrogen-bond acceptors (Lipinski definition) is 0. The van der Waals surface area contributed by atoms with Gasteiger partial charge in [0.1, 0.15) is 0 Å². The smallest absolute Gasteiger partial charge is 0.0117 e. The molecule has 0 unspecified atom stereocenters. The fourth-order valence-electron chi connectivity index (χ4n) is 2.04. The maximum atomic E-state index is 3.42. The van der Waals surface area contributed by atoms with Crippen LogP contribution < -0.4 is 0 Å². The van der Waals surface area contributed by atoms with Crippen LogP contribution in [0.1, 0.15) is 22.3 Å². The molecule has 0 fully saturated rings. The molecule has 2 aromatic rings. The molecule has 0 saturated carbocycles. The molecule has 2 rings (SSSR count). The normalized spacial score (nSPS) is 10.4. The molecule has 16 heavy (non-hydrogen) atoms. The van der Waals surface area contributed by atoms with Crippen LogP contribution in [0.3, 0.4) is 0 Å². The Labute approximate surface area is 97.9 Å². The number of hydrogen-bond donors (Lipinski definition) is 0. The van der Waals surface area contributed by atoms with Crippen molar-refractivity contribution in [2.75, 3.05) is 0 Å². The Hall–Kier alpha value is -1.56. The van der Waals surface area contributed by atoms with Crippen molar-refractivity contribution < 1.29 is 0 Å². The highest BCUT2D eigenvalue weighted by molar-refractivity contribution is 5.28. The van der Waals surface area contributed by atoms with Gasteiger partial charge >= 0.3 is 0 Å². The first-order valence-electron chi connectivity index (χ1n) is 5.77. The van der Waals surface area contributed by atoms with Crippen molar-refractivity contribution in [3.63, 3.8) is 0 Å². The standard InChI is InChI=1S/C16H17/c1-13-10-14(2)12-16(11-13)9-8-15-6-4-3-5-7-15/h3-7,10-11H,8-9H2,1-2H3. The van der Waals surface area contributed by atoms with E-state index in [4.69, 9.17) is 0 Å². The second-order valence-electron chi connectivity index (χ2n) is 4.35. The van der Waals surface area contributed by atoms with Crippen molar-refractivity contribution in [1.29, 1.82) is 0 Å². The molecule has 0 saturated heterocycles. The van der Waals surface area contributed by atoms with E-state index in [9.17, 15) is 0 Å². The molecule has 0 aliphatic carbocycles. The lowest BCUT2D eigenvalue weighted by atomic mass is 10.0. The van der Waals surface area contributed by atoms with Gasteiger partial charge in [-0.05, 0) is 49.4 Å². The summed E-state index contributed by atoms with van der Waals surface area (Å²) in [6.07, 6.45) is 2.17. The lowest BCUT2D eigenvalue weighted by Crippen LogP contribution is -1.93. The molecule has 0 heterocycles. The van der Waals surface area contributed by atoms with Gasteiger partial charge in [-0.2, -0.15) is 0 Å². The summed E-state index contributed by atoms with van der Waals surface area (Å²) in [6, 6.07) is 18.4. The third kappa shape index (κ3) is 2.96. The minimum atomic E-state index is 1.08. The van der Waals surface area contributed by atoms with Crippen molar-refractivity contribution in [1.82, 2.24) is 0 Å². The van der Waals surface area contributed by atoms with Crippen LogP contribution in [-0.4, -0.2) is 0 Å². The summed E-state index contributed by atoms with van der Waals surface area (Å²) >= 11 is 0. The van der Waals surface area contributed by atoms with Crippen LogP contribution in [0.5, 0.6) is 0 Å². The summed E-state index contributed by atoms with van der Waals surface area (Å²) in [5.74, 6) is 0. The Kier molecular flexibility index (Phi) is 3.40. The summed E-state index contributed by atoms with van der Waals surface area (Å²) in [7, 11) is 0. The van der Waals surface area contributed by atoms with Crippen LogP contribution in [0.4, 0.5) is 0 Å². The quantitative estimate of drug-likeness (QED) is 0.719. The van der Waals surface area contributed by atoms with Gasteiger partial charge < -0.3 is 0 Å². The van der Waals surface area contributed by atoms with Crippen molar-refractivity contribution in [2.24, 2.45) is 0 Å². The average Bonchev–Trinajstić information content (AvgIpc) is 2.27. The van der Waals surface area contributed by atoms with E-state index in [0.29, 0.717) is 0 Å². The summed E-state index contributed by atoms with van der Waals surface area (Å²) in [5, 5.41) is 0. The van der Waals surface area contributed by atoms with E-state index in [0.717, 1.165) is 12.8 Å². The van der Waals surface area contributed by atoms with Crippen molar-refractivity contribution in [3.05, 3.63) is 70.8 Å². The second-order valence-corrected chi connectivity index (χ2v) is 4.35. The largest absolute Gasteiger partial charge is 0.0622 e. The summed E-state index contributed by atoms with van der Waals surface area (Å²) in [4.78, 5) is 0. The zero-order valence-corrected chi connectivity index (χ0v) is 9.96. The van der Waals surface area contributed by atoms with Gasteiger partial charge in [-0.3, -0.25) is 0 Å². The van der Waals surface area contributed by atoms with Crippen LogP contribution in [0.2, 0.25) is 0 Å². The zero-order valence-electron chi connectivity index (χ0n) is 9.96. The highest BCUT2D eigenvalue weighted by Gasteiger charge is 1.98. The van der Waals surface area contributed by atoms with Gasteiger partial charge in [0.2, 0.25) is 0 Å². The van der Waals surface area contributed by atoms with E-state index in [2.05, 4.69) is 62.4 Å². The van der Waals surface area contributed by atoms with Gasteiger partial charge in [0.25, 0.3) is 0 Å². The van der Waals surface area contributed by atoms with E-state index in [1.165, 1.54) is 22.3 Å². The van der Waals surface area contributed by atoms with Gasteiger partial charge in [0.15, 0.2) is 0 Å². The van der Waals surface area contributed by atoms with Crippen LogP contribution in [0.15, 0.2) is 42.5 Å². The molecule has 0 nitrogen and oxygen atoms in total. The zero-order chi connectivity index (χ0) is 11.4. The first-order valence-corrected chi connectivity index (χ1v) is 5.77. The fraction of sp³-hybridized carbons (Fsp3) is 0.250. The van der Waals surface area contributed by atoms with Crippen molar-refractivity contribution in [3.8, 4) is 0 Å². The van der Waals surface area contributed by atoms with Crippen molar-refractivity contribution >= 4 is 0 Å². The van der Waals surface area contributed by atoms with Crippen LogP contribution in [-0.2, 0) is 12.8 Å². The number of benzene rings is 2. The highest BCUT2D eigenvalue weighted by Crippen LogP contribution is 2.11. The Morgan fingerprint density at radius 2 is 1.69 bits per heavy atom. The first kappa shape index (κ1) is 10.9. The van der Waals surface area contributed by atoms with Gasteiger partial charge in [-0.1, -0.05) is 48.0 Å². The summed E-state index contributed by atoms with van der Waals surface area (Å²) in [5.41, 5.74) is 5.29. The lowest BCUT2D eigenvalue weighted by molar-refractivity contribution is 0.953. The van der Waals surface area contributed by atoms with Gasteiger partial charge in [0.05, 0.1) is 0 Å². The minimum absolute atomic E-state index is 1.08. The Morgan fingerprint density at radius 1 is 0.938 bits per heavy atom. The molecule has 2 aromatic carbocycles. The SMILES string of the molecule is Cc1[c]c(CCc2ccccc2)cc(C)c1. The number of rotatable bonds is 3. The average molecular weight is 209 g/mol. The monoisotopic (exact) mass is 209 g/mol. The predicted molar refractivity (Wildman–Crippen MR) is 68.6 cm³/mol. The van der Waals surface area contributed by atoms with E-state index >= 15 is 0 Å². The molecule has 0 aliphatic rings. The Bertz CT molecular complexity index is 434. The fourth-order valence-corrected chi connectivity index (χ4v) is 2.04. The van der Waals surface area contributed by atoms with E-state index in [1.54, 1.807) is 0 Å². The van der Waals surface area contributed by atoms with Gasteiger partial charge in [-0.25, -0.2) is 0 Å². The molecule has 0 bridgehead atoms. The van der Waals surface area contributed by atoms with E-state index < -0.39 is 0 Å². The first-order chi connectivity index (χ1) is 7.74. The molecule has 0 spiro atoms. The topological polar surface area (TPSA) is 0 Å². The lowest BCUT2D eigenvalue weighted by Gasteiger charge is -2.04. The molecular weight excluding hydrogens is 192 g/mol. The molecule has 0 amide bonds. The number of aryl methyl sites for hydroxylation is 4. The Morgan fingerprint density at radius 3 is 2.38 bits per heavy atom. The van der Waals surface area contributed by atoms with E-state index in [1.807, 2.05) is 0 Å². The second kappa shape index (κ2) is 4.98. The molecule has 0 atom stereocenters. The third-order valence-corrected chi connectivity index (χ3v) is 2.73. The highest BCUT2D eigenvalue weighted by atomic mass is 14.0. The van der Waals surface area contributed by atoms with Crippen LogP contribution >= 0.6 is 0 Å².